The number of nitrogens with one attached hydrogen (secondary N) is 2. The van der Waals surface area contributed by atoms with Crippen molar-refractivity contribution in [3.05, 3.63) is 35.4 Å². The molecule has 2 atom stereocenters. The molecule has 2 rings (SSSR count). The molecule has 0 bridgehead atoms. The van der Waals surface area contributed by atoms with Gasteiger partial charge < -0.3 is 15.5 Å². The van der Waals surface area contributed by atoms with Crippen LogP contribution in [0.4, 0.5) is 18.0 Å². The van der Waals surface area contributed by atoms with E-state index in [0.717, 1.165) is 12.1 Å². The third-order valence-corrected chi connectivity index (χ3v) is 3.93. The number of likely N-dealkylation sites (tertiary alicyclic amines) is 1. The molecule has 1 aromatic rings. The lowest BCUT2D eigenvalue weighted by molar-refractivity contribution is -0.137. The number of carbonyl (C=O) groups is 2. The van der Waals surface area contributed by atoms with Crippen molar-refractivity contribution >= 4 is 11.9 Å². The summed E-state index contributed by atoms with van der Waals surface area (Å²) >= 11 is 0. The van der Waals surface area contributed by atoms with Gasteiger partial charge in [-0.15, -0.1) is 0 Å². The highest BCUT2D eigenvalue weighted by Gasteiger charge is 2.31. The Morgan fingerprint density at radius 3 is 2.46 bits per heavy atom. The fourth-order valence-corrected chi connectivity index (χ4v) is 2.61. The predicted octanol–water partition coefficient (Wildman–Crippen LogP) is 2.17. The van der Waals surface area contributed by atoms with Gasteiger partial charge in [0.2, 0.25) is 5.91 Å². The van der Waals surface area contributed by atoms with Crippen LogP contribution in [0.25, 0.3) is 0 Å². The molecule has 24 heavy (non-hydrogen) atoms. The molecule has 1 fully saturated rings. The van der Waals surface area contributed by atoms with Gasteiger partial charge in [-0.3, -0.25) is 4.79 Å². The van der Waals surface area contributed by atoms with Crippen molar-refractivity contribution in [3.63, 3.8) is 0 Å². The summed E-state index contributed by atoms with van der Waals surface area (Å²) < 4.78 is 37.5. The normalized spacial score (nSPS) is 19.3. The second-order valence-electron chi connectivity index (χ2n) is 6.02. The second kappa shape index (κ2) is 7.11. The van der Waals surface area contributed by atoms with Crippen LogP contribution in [0.5, 0.6) is 0 Å². The summed E-state index contributed by atoms with van der Waals surface area (Å²) in [6.45, 7) is 2.35. The van der Waals surface area contributed by atoms with Gasteiger partial charge in [0.1, 0.15) is 6.04 Å². The minimum Gasteiger partial charge on any atom is -0.344 e. The standard InChI is InChI=1S/C16H20F3N3O2/c1-10(9-11-3-5-12(6-4-11)16(17,18)19)20-15(24)21-13-7-8-22(2)14(13)23/h3-6,10,13H,7-9H2,1-2H3,(H2,20,21,24)/t10-,13-/m0/s1. The number of alkyl halides is 3. The third-order valence-electron chi connectivity index (χ3n) is 3.93. The molecule has 5 nitrogen and oxygen atoms in total. The zero-order valence-corrected chi connectivity index (χ0v) is 13.5. The number of rotatable bonds is 4. The quantitative estimate of drug-likeness (QED) is 0.880. The van der Waals surface area contributed by atoms with Crippen LogP contribution in [0.2, 0.25) is 0 Å². The Labute approximate surface area is 138 Å². The minimum atomic E-state index is -4.36. The Morgan fingerprint density at radius 2 is 1.96 bits per heavy atom. The summed E-state index contributed by atoms with van der Waals surface area (Å²) in [5.74, 6) is -0.124. The molecule has 132 valence electrons. The first-order valence-corrected chi connectivity index (χ1v) is 7.65. The minimum absolute atomic E-state index is 0.124. The van der Waals surface area contributed by atoms with Crippen LogP contribution in [0.1, 0.15) is 24.5 Å². The van der Waals surface area contributed by atoms with Gasteiger partial charge >= 0.3 is 12.2 Å². The summed E-state index contributed by atoms with van der Waals surface area (Å²) in [6.07, 6.45) is -3.40. The molecule has 0 unspecified atom stereocenters. The number of benzene rings is 1. The van der Waals surface area contributed by atoms with Gasteiger partial charge in [-0.1, -0.05) is 12.1 Å². The van der Waals surface area contributed by atoms with Crippen molar-refractivity contribution < 1.29 is 22.8 Å². The number of nitrogens with zero attached hydrogens (tertiary/aromatic N) is 1. The Morgan fingerprint density at radius 1 is 1.33 bits per heavy atom. The van der Waals surface area contributed by atoms with Crippen molar-refractivity contribution in [1.29, 1.82) is 0 Å². The fourth-order valence-electron chi connectivity index (χ4n) is 2.61. The smallest absolute Gasteiger partial charge is 0.344 e. The molecule has 1 aliphatic rings. The zero-order valence-electron chi connectivity index (χ0n) is 13.5. The molecule has 2 N–H and O–H groups in total. The lowest BCUT2D eigenvalue weighted by Crippen LogP contribution is -2.48. The van der Waals surface area contributed by atoms with Crippen LogP contribution in [0.3, 0.4) is 0 Å². The van der Waals surface area contributed by atoms with E-state index in [-0.39, 0.29) is 11.9 Å². The Balaban J connectivity index is 1.83. The highest BCUT2D eigenvalue weighted by Crippen LogP contribution is 2.29. The van der Waals surface area contributed by atoms with Gasteiger partial charge in [0.25, 0.3) is 0 Å². The first-order valence-electron chi connectivity index (χ1n) is 7.65. The largest absolute Gasteiger partial charge is 0.416 e. The summed E-state index contributed by atoms with van der Waals surface area (Å²) in [7, 11) is 1.68. The number of urea groups is 1. The molecule has 1 aromatic carbocycles. The van der Waals surface area contributed by atoms with Crippen molar-refractivity contribution in [2.24, 2.45) is 0 Å². The first-order chi connectivity index (χ1) is 11.2. The van der Waals surface area contributed by atoms with E-state index in [2.05, 4.69) is 10.6 Å². The maximum atomic E-state index is 12.5. The molecule has 0 saturated carbocycles. The third kappa shape index (κ3) is 4.62. The van der Waals surface area contributed by atoms with Crippen LogP contribution >= 0.6 is 0 Å². The van der Waals surface area contributed by atoms with Crippen molar-refractivity contribution in [3.8, 4) is 0 Å². The molecule has 0 aromatic heterocycles. The van der Waals surface area contributed by atoms with Crippen LogP contribution in [-0.2, 0) is 17.4 Å². The lowest BCUT2D eigenvalue weighted by atomic mass is 10.1. The molecule has 1 aliphatic heterocycles. The van der Waals surface area contributed by atoms with Gasteiger partial charge in [-0.25, -0.2) is 4.79 Å². The number of likely N-dealkylation sites (N-methyl/N-ethyl adjacent to an activating group) is 1. The maximum Gasteiger partial charge on any atom is 0.416 e. The Hall–Kier alpha value is -2.25. The van der Waals surface area contributed by atoms with Crippen LogP contribution in [-0.4, -0.2) is 42.5 Å². The molecule has 1 heterocycles. The average Bonchev–Trinajstić information content (AvgIpc) is 2.78. The van der Waals surface area contributed by atoms with Gasteiger partial charge in [-0.05, 0) is 37.5 Å². The maximum absolute atomic E-state index is 12.5. The van der Waals surface area contributed by atoms with Crippen LogP contribution in [0.15, 0.2) is 24.3 Å². The molecule has 0 aliphatic carbocycles. The topological polar surface area (TPSA) is 61.4 Å². The number of halogens is 3. The van der Waals surface area contributed by atoms with E-state index < -0.39 is 23.8 Å². The number of amides is 3. The highest BCUT2D eigenvalue weighted by molar-refractivity contribution is 5.88. The van der Waals surface area contributed by atoms with Gasteiger partial charge in [-0.2, -0.15) is 13.2 Å². The molecular formula is C16H20F3N3O2. The number of carbonyl (C=O) groups excluding carboxylic acids is 2. The van der Waals surface area contributed by atoms with Gasteiger partial charge in [0.15, 0.2) is 0 Å². The van der Waals surface area contributed by atoms with E-state index in [9.17, 15) is 22.8 Å². The first kappa shape index (κ1) is 18.1. The Bertz CT molecular complexity index is 602. The molecule has 0 spiro atoms. The van der Waals surface area contributed by atoms with Gasteiger partial charge in [0.05, 0.1) is 5.56 Å². The molecule has 3 amide bonds. The molecular weight excluding hydrogens is 323 g/mol. The predicted molar refractivity (Wildman–Crippen MR) is 82.3 cm³/mol. The SMILES string of the molecule is C[C@@H](Cc1ccc(C(F)(F)F)cc1)NC(=O)N[C@H]1CCN(C)C1=O. The summed E-state index contributed by atoms with van der Waals surface area (Å²) in [6, 6.07) is 3.58. The summed E-state index contributed by atoms with van der Waals surface area (Å²) in [5, 5.41) is 5.31. The number of hydrogen-bond donors (Lipinski definition) is 2. The summed E-state index contributed by atoms with van der Waals surface area (Å²) in [4.78, 5) is 25.2. The van der Waals surface area contributed by atoms with Crippen molar-refractivity contribution in [2.45, 2.75) is 38.0 Å². The van der Waals surface area contributed by atoms with Crippen LogP contribution in [0, 0.1) is 0 Å². The van der Waals surface area contributed by atoms with E-state index in [1.165, 1.54) is 12.1 Å². The van der Waals surface area contributed by atoms with Crippen molar-refractivity contribution in [2.75, 3.05) is 13.6 Å². The summed E-state index contributed by atoms with van der Waals surface area (Å²) in [5.41, 5.74) is -0.0130. The van der Waals surface area contributed by atoms with Crippen LogP contribution < -0.4 is 10.6 Å². The van der Waals surface area contributed by atoms with Gasteiger partial charge in [0, 0.05) is 19.6 Å². The van der Waals surface area contributed by atoms with E-state index >= 15 is 0 Å². The van der Waals surface area contributed by atoms with Crippen molar-refractivity contribution in [1.82, 2.24) is 15.5 Å². The monoisotopic (exact) mass is 343 g/mol. The molecule has 1 saturated heterocycles. The van der Waals surface area contributed by atoms with E-state index in [4.69, 9.17) is 0 Å². The molecule has 0 radical (unpaired) electrons. The fraction of sp³-hybridized carbons (Fsp3) is 0.500. The lowest BCUT2D eigenvalue weighted by Gasteiger charge is -2.17. The average molecular weight is 343 g/mol. The van der Waals surface area contributed by atoms with E-state index in [1.807, 2.05) is 0 Å². The molecule has 8 heteroatoms. The van der Waals surface area contributed by atoms with E-state index in [0.29, 0.717) is 24.9 Å². The van der Waals surface area contributed by atoms with E-state index in [1.54, 1.807) is 18.9 Å². The zero-order chi connectivity index (χ0) is 17.9. The second-order valence-corrected chi connectivity index (χ2v) is 6.02. The number of hydrogen-bond acceptors (Lipinski definition) is 2. The highest BCUT2D eigenvalue weighted by atomic mass is 19.4. The Kier molecular flexibility index (Phi) is 5.36.